The smallest absolute Gasteiger partial charge is 0.127 e. The lowest BCUT2D eigenvalue weighted by Crippen LogP contribution is -2.01. The summed E-state index contributed by atoms with van der Waals surface area (Å²) in [7, 11) is 0. The number of benzene rings is 1. The summed E-state index contributed by atoms with van der Waals surface area (Å²) in [4.78, 5) is 0. The van der Waals surface area contributed by atoms with Gasteiger partial charge in [-0.2, -0.15) is 5.10 Å². The van der Waals surface area contributed by atoms with Gasteiger partial charge < -0.3 is 0 Å². The Morgan fingerprint density at radius 1 is 1.29 bits per heavy atom. The van der Waals surface area contributed by atoms with Crippen LogP contribution in [0.1, 0.15) is 11.3 Å². The molecule has 0 N–H and O–H groups in total. The highest BCUT2D eigenvalue weighted by atomic mass is 35.5. The van der Waals surface area contributed by atoms with Crippen molar-refractivity contribution in [1.82, 2.24) is 9.78 Å². The van der Waals surface area contributed by atoms with Crippen molar-refractivity contribution in [3.05, 3.63) is 52.8 Å². The summed E-state index contributed by atoms with van der Waals surface area (Å²) in [5.74, 6) is 0. The summed E-state index contributed by atoms with van der Waals surface area (Å²) in [6, 6.07) is 12.0. The van der Waals surface area contributed by atoms with E-state index in [0.717, 1.165) is 12.2 Å². The quantitative estimate of drug-likeness (QED) is 0.739. The van der Waals surface area contributed by atoms with Crippen molar-refractivity contribution in [1.29, 1.82) is 0 Å². The zero-order valence-electron chi connectivity index (χ0n) is 7.94. The third kappa shape index (κ3) is 1.96. The van der Waals surface area contributed by atoms with Gasteiger partial charge >= 0.3 is 0 Å². The first-order valence-corrected chi connectivity index (χ1v) is 4.87. The Morgan fingerprint density at radius 2 is 2.00 bits per heavy atom. The van der Waals surface area contributed by atoms with Crippen LogP contribution in [-0.4, -0.2) is 9.78 Å². The molecule has 0 aliphatic heterocycles. The monoisotopic (exact) mass is 206 g/mol. The molecule has 3 heteroatoms. The first kappa shape index (κ1) is 9.28. The molecule has 0 spiro atoms. The number of halogens is 1. The molecule has 0 saturated heterocycles. The number of aromatic nitrogens is 2. The molecule has 0 aliphatic rings. The van der Waals surface area contributed by atoms with Crippen molar-refractivity contribution in [2.75, 3.05) is 0 Å². The average Bonchev–Trinajstić information content (AvgIpc) is 2.47. The lowest BCUT2D eigenvalue weighted by atomic mass is 10.2. The number of hydrogen-bond acceptors (Lipinski definition) is 1. The summed E-state index contributed by atoms with van der Waals surface area (Å²) in [6.07, 6.45) is 0. The van der Waals surface area contributed by atoms with E-state index in [1.54, 1.807) is 4.68 Å². The van der Waals surface area contributed by atoms with Crippen molar-refractivity contribution in [3.63, 3.8) is 0 Å². The molecule has 0 fully saturated rings. The maximum Gasteiger partial charge on any atom is 0.127 e. The van der Waals surface area contributed by atoms with E-state index in [1.165, 1.54) is 5.56 Å². The predicted molar refractivity (Wildman–Crippen MR) is 57.5 cm³/mol. The summed E-state index contributed by atoms with van der Waals surface area (Å²) in [5, 5.41) is 4.98. The minimum atomic E-state index is 0.686. The van der Waals surface area contributed by atoms with Gasteiger partial charge in [0.05, 0.1) is 12.2 Å². The topological polar surface area (TPSA) is 17.8 Å². The number of aryl methyl sites for hydroxylation is 1. The molecule has 0 atom stereocenters. The van der Waals surface area contributed by atoms with Crippen LogP contribution >= 0.6 is 11.6 Å². The minimum absolute atomic E-state index is 0.686. The SMILES string of the molecule is Cc1cc(Cl)n(Cc2ccccc2)n1. The molecule has 0 bridgehead atoms. The molecule has 14 heavy (non-hydrogen) atoms. The lowest BCUT2D eigenvalue weighted by Gasteiger charge is -2.02. The molecule has 2 nitrogen and oxygen atoms in total. The molecule has 0 amide bonds. The molecule has 0 unspecified atom stereocenters. The third-order valence-corrected chi connectivity index (χ3v) is 2.33. The van der Waals surface area contributed by atoms with Gasteiger partial charge in [0.15, 0.2) is 0 Å². The molecule has 2 rings (SSSR count). The van der Waals surface area contributed by atoms with Crippen LogP contribution in [0.2, 0.25) is 5.15 Å². The van der Waals surface area contributed by atoms with E-state index < -0.39 is 0 Å². The van der Waals surface area contributed by atoms with E-state index in [9.17, 15) is 0 Å². The van der Waals surface area contributed by atoms with Crippen LogP contribution in [0.3, 0.4) is 0 Å². The standard InChI is InChI=1S/C11H11ClN2/c1-9-7-11(12)14(13-9)8-10-5-3-2-4-6-10/h2-7H,8H2,1H3. The molecule has 72 valence electrons. The third-order valence-electron chi connectivity index (χ3n) is 2.03. The van der Waals surface area contributed by atoms with Gasteiger partial charge in [-0.1, -0.05) is 41.9 Å². The van der Waals surface area contributed by atoms with Gasteiger partial charge in [-0.15, -0.1) is 0 Å². The van der Waals surface area contributed by atoms with Crippen molar-refractivity contribution < 1.29 is 0 Å². The molecule has 0 saturated carbocycles. The Balaban J connectivity index is 2.23. The van der Waals surface area contributed by atoms with E-state index in [-0.39, 0.29) is 0 Å². The fraction of sp³-hybridized carbons (Fsp3) is 0.182. The van der Waals surface area contributed by atoms with Gasteiger partial charge in [0.25, 0.3) is 0 Å². The molecule has 1 heterocycles. The summed E-state index contributed by atoms with van der Waals surface area (Å²) < 4.78 is 1.80. The average molecular weight is 207 g/mol. The summed E-state index contributed by atoms with van der Waals surface area (Å²) >= 11 is 6.00. The van der Waals surface area contributed by atoms with Crippen molar-refractivity contribution in [3.8, 4) is 0 Å². The van der Waals surface area contributed by atoms with E-state index in [2.05, 4.69) is 17.2 Å². The van der Waals surface area contributed by atoms with Crippen LogP contribution in [0, 0.1) is 6.92 Å². The number of rotatable bonds is 2. The van der Waals surface area contributed by atoms with Crippen molar-refractivity contribution >= 4 is 11.6 Å². The van der Waals surface area contributed by atoms with Crippen molar-refractivity contribution in [2.24, 2.45) is 0 Å². The second kappa shape index (κ2) is 3.84. The highest BCUT2D eigenvalue weighted by Gasteiger charge is 2.02. The highest BCUT2D eigenvalue weighted by Crippen LogP contribution is 2.12. The van der Waals surface area contributed by atoms with Crippen LogP contribution in [0.25, 0.3) is 0 Å². The number of hydrogen-bond donors (Lipinski definition) is 0. The highest BCUT2D eigenvalue weighted by molar-refractivity contribution is 6.29. The van der Waals surface area contributed by atoms with Gasteiger partial charge in [-0.25, -0.2) is 4.68 Å². The van der Waals surface area contributed by atoms with Gasteiger partial charge in [0.1, 0.15) is 5.15 Å². The van der Waals surface area contributed by atoms with E-state index in [0.29, 0.717) is 5.15 Å². The van der Waals surface area contributed by atoms with E-state index >= 15 is 0 Å². The normalized spacial score (nSPS) is 10.4. The zero-order chi connectivity index (χ0) is 9.97. The molecular formula is C11H11ClN2. The summed E-state index contributed by atoms with van der Waals surface area (Å²) in [6.45, 7) is 2.67. The van der Waals surface area contributed by atoms with Gasteiger partial charge in [-0.05, 0) is 18.6 Å². The Morgan fingerprint density at radius 3 is 2.57 bits per heavy atom. The van der Waals surface area contributed by atoms with Gasteiger partial charge in [0.2, 0.25) is 0 Å². The van der Waals surface area contributed by atoms with E-state index in [1.807, 2.05) is 31.2 Å². The Hall–Kier alpha value is -1.28. The second-order valence-corrected chi connectivity index (χ2v) is 3.64. The molecule has 0 aliphatic carbocycles. The fourth-order valence-corrected chi connectivity index (χ4v) is 1.64. The van der Waals surface area contributed by atoms with Crippen LogP contribution in [-0.2, 0) is 6.54 Å². The molecule has 1 aromatic heterocycles. The van der Waals surface area contributed by atoms with Gasteiger partial charge in [0, 0.05) is 0 Å². The predicted octanol–water partition coefficient (Wildman–Crippen LogP) is 2.89. The molecule has 2 aromatic rings. The van der Waals surface area contributed by atoms with Crippen LogP contribution in [0.15, 0.2) is 36.4 Å². The Kier molecular flexibility index (Phi) is 2.55. The molecule has 1 aromatic carbocycles. The van der Waals surface area contributed by atoms with Crippen LogP contribution < -0.4 is 0 Å². The van der Waals surface area contributed by atoms with Crippen molar-refractivity contribution in [2.45, 2.75) is 13.5 Å². The zero-order valence-corrected chi connectivity index (χ0v) is 8.70. The first-order valence-electron chi connectivity index (χ1n) is 4.49. The minimum Gasteiger partial charge on any atom is -0.249 e. The summed E-state index contributed by atoms with van der Waals surface area (Å²) in [5.41, 5.74) is 2.16. The Bertz CT molecular complexity index is 420. The van der Waals surface area contributed by atoms with Crippen LogP contribution in [0.5, 0.6) is 0 Å². The lowest BCUT2D eigenvalue weighted by molar-refractivity contribution is 0.680. The fourth-order valence-electron chi connectivity index (χ4n) is 1.38. The molecule has 0 radical (unpaired) electrons. The number of nitrogens with zero attached hydrogens (tertiary/aromatic N) is 2. The Labute approximate surface area is 88.1 Å². The second-order valence-electron chi connectivity index (χ2n) is 3.25. The van der Waals surface area contributed by atoms with Crippen LogP contribution in [0.4, 0.5) is 0 Å². The van der Waals surface area contributed by atoms with Gasteiger partial charge in [-0.3, -0.25) is 0 Å². The maximum absolute atomic E-state index is 6.00. The maximum atomic E-state index is 6.00. The first-order chi connectivity index (χ1) is 6.75. The molecular weight excluding hydrogens is 196 g/mol. The largest absolute Gasteiger partial charge is 0.249 e. The van der Waals surface area contributed by atoms with E-state index in [4.69, 9.17) is 11.6 Å².